The molecule has 0 saturated heterocycles. The second kappa shape index (κ2) is 5.69. The maximum absolute atomic E-state index is 4.45. The molecule has 0 aromatic heterocycles. The first-order valence-electron chi connectivity index (χ1n) is 5.53. The zero-order valence-corrected chi connectivity index (χ0v) is 10.9. The van der Waals surface area contributed by atoms with Crippen molar-refractivity contribution >= 4 is 23.7 Å². The Labute approximate surface area is 107 Å². The first-order chi connectivity index (χ1) is 8.28. The van der Waals surface area contributed by atoms with Crippen molar-refractivity contribution < 1.29 is 0 Å². The van der Waals surface area contributed by atoms with Gasteiger partial charge in [-0.3, -0.25) is 4.99 Å². The molecule has 0 aliphatic heterocycles. The summed E-state index contributed by atoms with van der Waals surface area (Å²) in [5.74, 6) is 0. The Morgan fingerprint density at radius 1 is 0.941 bits per heavy atom. The van der Waals surface area contributed by atoms with E-state index in [1.54, 1.807) is 11.8 Å². The Balaban J connectivity index is 2.11. The smallest absolute Gasteiger partial charge is 0.0630 e. The fourth-order valence-corrected chi connectivity index (χ4v) is 1.88. The normalized spacial score (nSPS) is 10.9. The molecule has 0 fully saturated rings. The van der Waals surface area contributed by atoms with Crippen molar-refractivity contribution in [2.75, 3.05) is 6.26 Å². The van der Waals surface area contributed by atoms with E-state index in [2.05, 4.69) is 54.6 Å². The van der Waals surface area contributed by atoms with Crippen molar-refractivity contribution in [3.05, 3.63) is 59.7 Å². The number of rotatable bonds is 3. The van der Waals surface area contributed by atoms with Gasteiger partial charge < -0.3 is 0 Å². The number of benzene rings is 2. The summed E-state index contributed by atoms with van der Waals surface area (Å²) in [6, 6.07) is 16.6. The van der Waals surface area contributed by atoms with Gasteiger partial charge in [0.25, 0.3) is 0 Å². The fourth-order valence-electron chi connectivity index (χ4n) is 1.47. The molecular formula is C15H15NS. The summed E-state index contributed by atoms with van der Waals surface area (Å²) in [5, 5.41) is 0. The highest BCUT2D eigenvalue weighted by Crippen LogP contribution is 2.19. The van der Waals surface area contributed by atoms with Crippen LogP contribution in [0.2, 0.25) is 0 Å². The molecule has 2 heteroatoms. The fraction of sp³-hybridized carbons (Fsp3) is 0.133. The number of thioether (sulfide) groups is 1. The van der Waals surface area contributed by atoms with Crippen LogP contribution in [0, 0.1) is 6.92 Å². The Hall–Kier alpha value is -1.54. The molecule has 0 amide bonds. The molecule has 0 N–H and O–H groups in total. The summed E-state index contributed by atoms with van der Waals surface area (Å²) in [5.41, 5.74) is 3.39. The Bertz CT molecular complexity index is 497. The third-order valence-corrected chi connectivity index (χ3v) is 3.26. The largest absolute Gasteiger partial charge is 0.256 e. The minimum Gasteiger partial charge on any atom is -0.256 e. The van der Waals surface area contributed by atoms with E-state index in [4.69, 9.17) is 0 Å². The highest BCUT2D eigenvalue weighted by Gasteiger charge is 1.91. The van der Waals surface area contributed by atoms with Crippen LogP contribution in [0.15, 0.2) is 58.4 Å². The molecule has 0 bridgehead atoms. The van der Waals surface area contributed by atoms with Gasteiger partial charge in [0.05, 0.1) is 5.69 Å². The van der Waals surface area contributed by atoms with Crippen molar-refractivity contribution in [3.8, 4) is 0 Å². The molecule has 0 aliphatic rings. The summed E-state index contributed by atoms with van der Waals surface area (Å²) < 4.78 is 0. The van der Waals surface area contributed by atoms with E-state index in [0.717, 1.165) is 11.3 Å². The molecular weight excluding hydrogens is 226 g/mol. The van der Waals surface area contributed by atoms with E-state index in [1.165, 1.54) is 10.5 Å². The van der Waals surface area contributed by atoms with Gasteiger partial charge in [-0.25, -0.2) is 0 Å². The molecule has 0 radical (unpaired) electrons. The molecule has 0 spiro atoms. The average Bonchev–Trinajstić information content (AvgIpc) is 2.39. The Kier molecular flexibility index (Phi) is 3.99. The van der Waals surface area contributed by atoms with E-state index in [1.807, 2.05) is 18.3 Å². The van der Waals surface area contributed by atoms with Crippen molar-refractivity contribution in [2.45, 2.75) is 11.8 Å². The van der Waals surface area contributed by atoms with E-state index < -0.39 is 0 Å². The predicted molar refractivity (Wildman–Crippen MR) is 76.7 cm³/mol. The monoisotopic (exact) mass is 241 g/mol. The van der Waals surface area contributed by atoms with Crippen LogP contribution in [-0.2, 0) is 0 Å². The van der Waals surface area contributed by atoms with Crippen LogP contribution >= 0.6 is 11.8 Å². The second-order valence-corrected chi connectivity index (χ2v) is 4.75. The molecule has 0 aliphatic carbocycles. The van der Waals surface area contributed by atoms with Gasteiger partial charge in [0.15, 0.2) is 0 Å². The van der Waals surface area contributed by atoms with Crippen molar-refractivity contribution in [3.63, 3.8) is 0 Å². The summed E-state index contributed by atoms with van der Waals surface area (Å²) in [7, 11) is 0. The van der Waals surface area contributed by atoms with E-state index in [0.29, 0.717) is 0 Å². The lowest BCUT2D eigenvalue weighted by molar-refractivity contribution is 1.42. The highest BCUT2D eigenvalue weighted by molar-refractivity contribution is 7.98. The molecule has 0 unspecified atom stereocenters. The molecule has 17 heavy (non-hydrogen) atoms. The predicted octanol–water partition coefficient (Wildman–Crippen LogP) is 4.47. The van der Waals surface area contributed by atoms with E-state index in [9.17, 15) is 0 Å². The maximum Gasteiger partial charge on any atom is 0.0630 e. The molecule has 0 saturated carbocycles. The van der Waals surface area contributed by atoms with Gasteiger partial charge in [-0.2, -0.15) is 0 Å². The topological polar surface area (TPSA) is 12.4 Å². The Morgan fingerprint density at radius 2 is 1.59 bits per heavy atom. The molecule has 2 aromatic rings. The molecule has 86 valence electrons. The summed E-state index contributed by atoms with van der Waals surface area (Å²) >= 11 is 1.74. The lowest BCUT2D eigenvalue weighted by Crippen LogP contribution is -1.80. The zero-order valence-electron chi connectivity index (χ0n) is 10.1. The molecule has 1 nitrogen and oxygen atoms in total. The highest BCUT2D eigenvalue weighted by atomic mass is 32.2. The van der Waals surface area contributed by atoms with Crippen LogP contribution in [-0.4, -0.2) is 12.5 Å². The van der Waals surface area contributed by atoms with Crippen LogP contribution < -0.4 is 0 Å². The van der Waals surface area contributed by atoms with Gasteiger partial charge in [0, 0.05) is 11.1 Å². The zero-order chi connectivity index (χ0) is 12.1. The number of hydrogen-bond acceptors (Lipinski definition) is 2. The molecule has 0 atom stereocenters. The summed E-state index contributed by atoms with van der Waals surface area (Å²) in [4.78, 5) is 5.71. The van der Waals surface area contributed by atoms with Crippen LogP contribution in [0.4, 0.5) is 5.69 Å². The van der Waals surface area contributed by atoms with Crippen molar-refractivity contribution in [1.29, 1.82) is 0 Å². The molecule has 0 heterocycles. The van der Waals surface area contributed by atoms with Crippen LogP contribution in [0.25, 0.3) is 0 Å². The van der Waals surface area contributed by atoms with Crippen molar-refractivity contribution in [2.24, 2.45) is 4.99 Å². The van der Waals surface area contributed by atoms with Crippen LogP contribution in [0.5, 0.6) is 0 Å². The average molecular weight is 241 g/mol. The quantitative estimate of drug-likeness (QED) is 0.570. The minimum absolute atomic E-state index is 0.989. The van der Waals surface area contributed by atoms with Gasteiger partial charge in [-0.1, -0.05) is 29.8 Å². The SMILES string of the molecule is CSc1ccc(/N=C/c2ccc(C)cc2)cc1. The minimum atomic E-state index is 0.989. The number of aryl methyl sites for hydroxylation is 1. The second-order valence-electron chi connectivity index (χ2n) is 3.87. The summed E-state index contributed by atoms with van der Waals surface area (Å²) in [6.45, 7) is 2.09. The molecule has 2 aromatic carbocycles. The number of hydrogen-bond donors (Lipinski definition) is 0. The van der Waals surface area contributed by atoms with Crippen LogP contribution in [0.1, 0.15) is 11.1 Å². The number of aliphatic imine (C=N–C) groups is 1. The molecule has 2 rings (SSSR count). The lowest BCUT2D eigenvalue weighted by Gasteiger charge is -1.97. The van der Waals surface area contributed by atoms with Gasteiger partial charge in [0.1, 0.15) is 0 Å². The first kappa shape index (κ1) is 11.9. The number of nitrogens with zero attached hydrogens (tertiary/aromatic N) is 1. The van der Waals surface area contributed by atoms with Gasteiger partial charge in [-0.15, -0.1) is 11.8 Å². The maximum atomic E-state index is 4.45. The third-order valence-electron chi connectivity index (χ3n) is 2.51. The van der Waals surface area contributed by atoms with Crippen LogP contribution in [0.3, 0.4) is 0 Å². The summed E-state index contributed by atoms with van der Waals surface area (Å²) in [6.07, 6.45) is 3.97. The van der Waals surface area contributed by atoms with E-state index in [-0.39, 0.29) is 0 Å². The van der Waals surface area contributed by atoms with E-state index >= 15 is 0 Å². The standard InChI is InChI=1S/C15H15NS/c1-12-3-5-13(6-4-12)11-16-14-7-9-15(17-2)10-8-14/h3-11H,1-2H3/b16-11+. The van der Waals surface area contributed by atoms with Gasteiger partial charge in [-0.05, 0) is 43.0 Å². The van der Waals surface area contributed by atoms with Gasteiger partial charge >= 0.3 is 0 Å². The lowest BCUT2D eigenvalue weighted by atomic mass is 10.2. The van der Waals surface area contributed by atoms with Gasteiger partial charge in [0.2, 0.25) is 0 Å². The Morgan fingerprint density at radius 3 is 2.18 bits per heavy atom. The third kappa shape index (κ3) is 3.46. The first-order valence-corrected chi connectivity index (χ1v) is 6.75. The van der Waals surface area contributed by atoms with Crippen molar-refractivity contribution in [1.82, 2.24) is 0 Å².